The Hall–Kier alpha value is -3.40. The van der Waals surface area contributed by atoms with Crippen molar-refractivity contribution >= 4 is 34.4 Å². The smallest absolute Gasteiger partial charge is 0.246 e. The van der Waals surface area contributed by atoms with Gasteiger partial charge in [0.25, 0.3) is 0 Å². The fourth-order valence-electron chi connectivity index (χ4n) is 4.64. The van der Waals surface area contributed by atoms with Gasteiger partial charge in [0, 0.05) is 48.5 Å². The van der Waals surface area contributed by atoms with Crippen LogP contribution in [0.4, 0.5) is 5.95 Å². The maximum absolute atomic E-state index is 12.4. The highest BCUT2D eigenvalue weighted by Crippen LogP contribution is 2.42. The van der Waals surface area contributed by atoms with Crippen molar-refractivity contribution in [3.05, 3.63) is 53.7 Å². The molecule has 1 aliphatic rings. The lowest BCUT2D eigenvalue weighted by Gasteiger charge is -2.22. The number of phenols is 1. The molecule has 9 nitrogen and oxygen atoms in total. The summed E-state index contributed by atoms with van der Waals surface area (Å²) in [6.07, 6.45) is 3.76. The number of fused-ring (bicyclic) bond motifs is 1. The van der Waals surface area contributed by atoms with E-state index in [0.29, 0.717) is 50.0 Å². The SMILES string of the molecule is C=CC(=O)N1C[C@@H](Nc2ncc3cc(-c4c(C)c(OC)cc(O)c4Cl)ccc3n2)C[C@H]1COCCOC. The van der Waals surface area contributed by atoms with Crippen LogP contribution in [0, 0.1) is 6.92 Å². The minimum Gasteiger partial charge on any atom is -0.506 e. The Kier molecular flexibility index (Phi) is 8.48. The number of aromatic hydroxyl groups is 1. The summed E-state index contributed by atoms with van der Waals surface area (Å²) in [5.74, 6) is 0.855. The fraction of sp³-hybridized carbons (Fsp3) is 0.370. The molecule has 10 heteroatoms. The Balaban J connectivity index is 1.52. The van der Waals surface area contributed by atoms with Crippen LogP contribution in [0.1, 0.15) is 12.0 Å². The summed E-state index contributed by atoms with van der Waals surface area (Å²) in [6.45, 7) is 7.41. The molecule has 2 atom stereocenters. The molecule has 2 heterocycles. The van der Waals surface area contributed by atoms with E-state index in [1.807, 2.05) is 25.1 Å². The molecule has 1 fully saturated rings. The Morgan fingerprint density at radius 1 is 1.32 bits per heavy atom. The average molecular weight is 527 g/mol. The predicted molar refractivity (Wildman–Crippen MR) is 143 cm³/mol. The van der Waals surface area contributed by atoms with Gasteiger partial charge in [0.15, 0.2) is 0 Å². The third-order valence-electron chi connectivity index (χ3n) is 6.49. The van der Waals surface area contributed by atoms with E-state index < -0.39 is 0 Å². The van der Waals surface area contributed by atoms with Crippen molar-refractivity contribution in [2.24, 2.45) is 0 Å². The number of hydrogen-bond donors (Lipinski definition) is 2. The number of methoxy groups -OCH3 is 2. The van der Waals surface area contributed by atoms with Gasteiger partial charge in [-0.1, -0.05) is 24.2 Å². The quantitative estimate of drug-likeness (QED) is 0.299. The van der Waals surface area contributed by atoms with Crippen molar-refractivity contribution in [3.63, 3.8) is 0 Å². The number of carbonyl (C=O) groups excluding carboxylic acids is 1. The molecular weight excluding hydrogens is 496 g/mol. The van der Waals surface area contributed by atoms with E-state index in [0.717, 1.165) is 22.0 Å². The number of phenolic OH excluding ortho intramolecular Hbond substituents is 1. The minimum atomic E-state index is -0.130. The first-order valence-electron chi connectivity index (χ1n) is 12.0. The van der Waals surface area contributed by atoms with Gasteiger partial charge in [0.2, 0.25) is 11.9 Å². The Labute approximate surface area is 221 Å². The zero-order chi connectivity index (χ0) is 26.5. The van der Waals surface area contributed by atoms with Crippen LogP contribution in [0.5, 0.6) is 11.5 Å². The summed E-state index contributed by atoms with van der Waals surface area (Å²) < 4.78 is 16.1. The number of rotatable bonds is 10. The Bertz CT molecular complexity index is 1300. The molecule has 0 aliphatic carbocycles. The van der Waals surface area contributed by atoms with Crippen molar-refractivity contribution in [2.75, 3.05) is 45.9 Å². The molecule has 3 aromatic rings. The molecule has 1 saturated heterocycles. The van der Waals surface area contributed by atoms with Gasteiger partial charge in [-0.05, 0) is 37.1 Å². The van der Waals surface area contributed by atoms with Gasteiger partial charge in [-0.3, -0.25) is 4.79 Å². The summed E-state index contributed by atoms with van der Waals surface area (Å²) in [5.41, 5.74) is 3.08. The molecule has 0 radical (unpaired) electrons. The molecule has 2 aromatic carbocycles. The predicted octanol–water partition coefficient (Wildman–Crippen LogP) is 4.20. The summed E-state index contributed by atoms with van der Waals surface area (Å²) in [7, 11) is 3.17. The lowest BCUT2D eigenvalue weighted by Crippen LogP contribution is -2.38. The highest BCUT2D eigenvalue weighted by Gasteiger charge is 2.34. The van der Waals surface area contributed by atoms with Crippen LogP contribution in [0.25, 0.3) is 22.0 Å². The van der Waals surface area contributed by atoms with Crippen LogP contribution in [0.15, 0.2) is 43.1 Å². The van der Waals surface area contributed by atoms with E-state index in [9.17, 15) is 9.90 Å². The standard InChI is InChI=1S/C27H31ClN4O5/c1-5-24(34)32-14-19(11-20(32)15-37-9-8-35-3)30-27-29-13-18-10-17(6-7-21(18)31-27)25-16(2)23(36-4)12-22(33)26(25)28/h5-7,10,12-13,19-20,33H,1,8-9,11,14-15H2,2-4H3,(H,29,30,31)/t19-,20-/m0/s1. The number of anilines is 1. The van der Waals surface area contributed by atoms with E-state index in [-0.39, 0.29) is 28.8 Å². The largest absolute Gasteiger partial charge is 0.506 e. The second-order valence-electron chi connectivity index (χ2n) is 8.87. The first-order valence-corrected chi connectivity index (χ1v) is 12.3. The summed E-state index contributed by atoms with van der Waals surface area (Å²) in [4.78, 5) is 23.3. The van der Waals surface area contributed by atoms with Crippen molar-refractivity contribution < 1.29 is 24.1 Å². The van der Waals surface area contributed by atoms with Crippen molar-refractivity contribution in [1.29, 1.82) is 0 Å². The van der Waals surface area contributed by atoms with Crippen LogP contribution in [0.2, 0.25) is 5.02 Å². The van der Waals surface area contributed by atoms with Crippen LogP contribution in [0.3, 0.4) is 0 Å². The zero-order valence-electron chi connectivity index (χ0n) is 21.2. The number of ether oxygens (including phenoxy) is 3. The number of nitrogens with one attached hydrogen (secondary N) is 1. The molecule has 4 rings (SSSR count). The molecule has 2 N–H and O–H groups in total. The molecule has 0 spiro atoms. The van der Waals surface area contributed by atoms with Gasteiger partial charge in [-0.15, -0.1) is 0 Å². The van der Waals surface area contributed by atoms with Gasteiger partial charge >= 0.3 is 0 Å². The number of likely N-dealkylation sites (tertiary alicyclic amines) is 1. The maximum Gasteiger partial charge on any atom is 0.246 e. The van der Waals surface area contributed by atoms with E-state index in [1.54, 1.807) is 25.3 Å². The monoisotopic (exact) mass is 526 g/mol. The van der Waals surface area contributed by atoms with E-state index in [2.05, 4.69) is 21.9 Å². The lowest BCUT2D eigenvalue weighted by atomic mass is 9.98. The molecule has 0 saturated carbocycles. The summed E-state index contributed by atoms with van der Waals surface area (Å²) in [5, 5.41) is 14.7. The molecular formula is C27H31ClN4O5. The molecule has 1 amide bonds. The Morgan fingerprint density at radius 3 is 2.86 bits per heavy atom. The molecule has 37 heavy (non-hydrogen) atoms. The number of aromatic nitrogens is 2. The third-order valence-corrected chi connectivity index (χ3v) is 6.88. The van der Waals surface area contributed by atoms with Crippen molar-refractivity contribution in [1.82, 2.24) is 14.9 Å². The van der Waals surface area contributed by atoms with Gasteiger partial charge in [-0.2, -0.15) is 0 Å². The summed E-state index contributed by atoms with van der Waals surface area (Å²) >= 11 is 6.44. The number of benzene rings is 2. The third kappa shape index (κ3) is 5.79. The number of hydrogen-bond acceptors (Lipinski definition) is 8. The van der Waals surface area contributed by atoms with Crippen molar-refractivity contribution in [2.45, 2.75) is 25.4 Å². The molecule has 0 unspecified atom stereocenters. The van der Waals surface area contributed by atoms with Gasteiger partial charge in [-0.25, -0.2) is 9.97 Å². The zero-order valence-corrected chi connectivity index (χ0v) is 21.9. The van der Waals surface area contributed by atoms with E-state index in [1.165, 1.54) is 12.1 Å². The topological polar surface area (TPSA) is 106 Å². The molecule has 0 bridgehead atoms. The van der Waals surface area contributed by atoms with Crippen LogP contribution < -0.4 is 10.1 Å². The fourth-order valence-corrected chi connectivity index (χ4v) is 4.94. The van der Waals surface area contributed by atoms with E-state index in [4.69, 9.17) is 25.8 Å². The van der Waals surface area contributed by atoms with Gasteiger partial charge in [0.1, 0.15) is 11.5 Å². The number of amides is 1. The second kappa shape index (κ2) is 11.8. The Morgan fingerprint density at radius 2 is 2.14 bits per heavy atom. The number of halogens is 1. The average Bonchev–Trinajstić information content (AvgIpc) is 3.30. The van der Waals surface area contributed by atoms with Crippen LogP contribution in [-0.2, 0) is 14.3 Å². The molecule has 196 valence electrons. The maximum atomic E-state index is 12.4. The number of carbonyl (C=O) groups is 1. The normalized spacial score (nSPS) is 17.2. The van der Waals surface area contributed by atoms with Crippen molar-refractivity contribution in [3.8, 4) is 22.6 Å². The van der Waals surface area contributed by atoms with Gasteiger partial charge < -0.3 is 29.5 Å². The van der Waals surface area contributed by atoms with Crippen LogP contribution in [-0.4, -0.2) is 78.6 Å². The summed E-state index contributed by atoms with van der Waals surface area (Å²) in [6, 6.07) is 7.12. The van der Waals surface area contributed by atoms with Gasteiger partial charge in [0.05, 0.1) is 43.5 Å². The molecule has 1 aromatic heterocycles. The lowest BCUT2D eigenvalue weighted by molar-refractivity contribution is -0.128. The highest BCUT2D eigenvalue weighted by molar-refractivity contribution is 6.35. The first kappa shape index (κ1) is 26.7. The second-order valence-corrected chi connectivity index (χ2v) is 9.25. The molecule has 1 aliphatic heterocycles. The van der Waals surface area contributed by atoms with E-state index >= 15 is 0 Å². The van der Waals surface area contributed by atoms with Crippen LogP contribution >= 0.6 is 11.6 Å². The minimum absolute atomic E-state index is 0.0298. The first-order chi connectivity index (χ1) is 17.9. The highest BCUT2D eigenvalue weighted by atomic mass is 35.5. The number of nitrogens with zero attached hydrogens (tertiary/aromatic N) is 3.